The molecule has 1 aromatic heterocycles. The Balaban J connectivity index is 1.13. The minimum Gasteiger partial charge on any atom is -0.367 e. The van der Waals surface area contributed by atoms with Gasteiger partial charge < -0.3 is 9.80 Å². The van der Waals surface area contributed by atoms with Crippen LogP contribution in [0.5, 0.6) is 0 Å². The molecule has 2 fully saturated rings. The molecular weight excluding hydrogens is 461 g/mol. The number of piperazine rings is 1. The summed E-state index contributed by atoms with van der Waals surface area (Å²) in [7, 11) is 0. The molecule has 1 N–H and O–H groups in total. The predicted molar refractivity (Wildman–Crippen MR) is 132 cm³/mol. The molecule has 0 bridgehead atoms. The Kier molecular flexibility index (Phi) is 5.64. The molecule has 4 heterocycles. The maximum atomic E-state index is 15.1. The second-order valence-electron chi connectivity index (χ2n) is 9.65. The van der Waals surface area contributed by atoms with Crippen molar-refractivity contribution in [2.24, 2.45) is 0 Å². The lowest BCUT2D eigenvalue weighted by Gasteiger charge is -2.36. The molecule has 1 atom stereocenters. The molecule has 0 saturated carbocycles. The van der Waals surface area contributed by atoms with Crippen molar-refractivity contribution >= 4 is 34.2 Å². The molecule has 36 heavy (non-hydrogen) atoms. The number of amides is 3. The summed E-state index contributed by atoms with van der Waals surface area (Å²) < 4.78 is 15.1. The van der Waals surface area contributed by atoms with E-state index in [2.05, 4.69) is 27.3 Å². The number of fused-ring (bicyclic) bond motifs is 2. The van der Waals surface area contributed by atoms with E-state index in [0.717, 1.165) is 30.7 Å². The van der Waals surface area contributed by atoms with Gasteiger partial charge in [0.15, 0.2) is 0 Å². The lowest BCUT2D eigenvalue weighted by Crippen LogP contribution is -2.52. The van der Waals surface area contributed by atoms with E-state index in [9.17, 15) is 14.4 Å². The number of carbonyl (C=O) groups is 3. The van der Waals surface area contributed by atoms with Crippen LogP contribution in [-0.2, 0) is 22.7 Å². The summed E-state index contributed by atoms with van der Waals surface area (Å²) in [5.74, 6) is -1.59. The minimum atomic E-state index is -0.707. The Morgan fingerprint density at radius 3 is 2.56 bits per heavy atom. The van der Waals surface area contributed by atoms with Gasteiger partial charge in [-0.25, -0.2) is 4.39 Å². The van der Waals surface area contributed by atoms with E-state index in [1.807, 2.05) is 29.3 Å². The summed E-state index contributed by atoms with van der Waals surface area (Å²) in [5, 5.41) is 4.58. The van der Waals surface area contributed by atoms with E-state index in [1.54, 1.807) is 6.07 Å². The number of hydrogen-bond donors (Lipinski definition) is 1. The number of halogens is 1. The molecule has 3 aromatic rings. The number of benzene rings is 2. The molecule has 0 spiro atoms. The number of anilines is 1. The molecular formula is C27H26FN5O3. The van der Waals surface area contributed by atoms with Crippen molar-refractivity contribution < 1.29 is 18.8 Å². The average molecular weight is 488 g/mol. The van der Waals surface area contributed by atoms with Gasteiger partial charge in [-0.3, -0.25) is 29.6 Å². The maximum absolute atomic E-state index is 15.1. The number of hydrogen-bond acceptors (Lipinski definition) is 6. The Morgan fingerprint density at radius 2 is 1.78 bits per heavy atom. The fourth-order valence-electron chi connectivity index (χ4n) is 5.41. The molecule has 2 aromatic carbocycles. The summed E-state index contributed by atoms with van der Waals surface area (Å²) in [4.78, 5) is 47.1. The Labute approximate surface area is 207 Å². The van der Waals surface area contributed by atoms with E-state index in [-0.39, 0.29) is 31.2 Å². The number of imide groups is 1. The highest BCUT2D eigenvalue weighted by Gasteiger charge is 2.40. The minimum absolute atomic E-state index is 0.190. The number of carbonyl (C=O) groups excluding carboxylic acids is 3. The van der Waals surface area contributed by atoms with Crippen molar-refractivity contribution in [1.29, 1.82) is 0 Å². The number of aromatic nitrogens is 1. The van der Waals surface area contributed by atoms with Gasteiger partial charge in [-0.05, 0) is 35.6 Å². The number of nitrogens with one attached hydrogen (secondary N) is 1. The molecule has 3 aliphatic rings. The second kappa shape index (κ2) is 8.98. The van der Waals surface area contributed by atoms with E-state index in [1.165, 1.54) is 16.4 Å². The van der Waals surface area contributed by atoms with Gasteiger partial charge >= 0.3 is 0 Å². The average Bonchev–Trinajstić information content (AvgIpc) is 3.19. The fourth-order valence-corrected chi connectivity index (χ4v) is 5.41. The van der Waals surface area contributed by atoms with Gasteiger partial charge in [-0.2, -0.15) is 0 Å². The fraction of sp³-hybridized carbons (Fsp3) is 0.333. The molecule has 6 rings (SSSR count). The maximum Gasteiger partial charge on any atom is 0.255 e. The van der Waals surface area contributed by atoms with Gasteiger partial charge in [0.2, 0.25) is 11.8 Å². The number of nitrogens with zero attached hydrogens (tertiary/aromatic N) is 4. The largest absolute Gasteiger partial charge is 0.367 e. The molecule has 0 aliphatic carbocycles. The van der Waals surface area contributed by atoms with E-state index in [0.29, 0.717) is 29.9 Å². The van der Waals surface area contributed by atoms with Crippen LogP contribution < -0.4 is 10.2 Å². The van der Waals surface area contributed by atoms with Gasteiger partial charge in [-0.15, -0.1) is 0 Å². The Bertz CT molecular complexity index is 1390. The van der Waals surface area contributed by atoms with E-state index >= 15 is 4.39 Å². The first-order chi connectivity index (χ1) is 17.5. The van der Waals surface area contributed by atoms with Crippen LogP contribution in [0.4, 0.5) is 10.1 Å². The summed E-state index contributed by atoms with van der Waals surface area (Å²) in [6.45, 7) is 3.84. The molecule has 184 valence electrons. The zero-order valence-corrected chi connectivity index (χ0v) is 19.7. The van der Waals surface area contributed by atoms with Crippen molar-refractivity contribution in [1.82, 2.24) is 20.1 Å². The molecule has 9 heteroatoms. The highest BCUT2D eigenvalue weighted by molar-refractivity contribution is 6.05. The van der Waals surface area contributed by atoms with Crippen LogP contribution in [0.15, 0.2) is 48.7 Å². The first-order valence-electron chi connectivity index (χ1n) is 12.2. The van der Waals surface area contributed by atoms with Gasteiger partial charge in [0.25, 0.3) is 5.91 Å². The van der Waals surface area contributed by atoms with Crippen LogP contribution in [0.25, 0.3) is 10.8 Å². The molecule has 3 aliphatic heterocycles. The molecule has 2 saturated heterocycles. The van der Waals surface area contributed by atoms with Crippen LogP contribution >= 0.6 is 0 Å². The highest BCUT2D eigenvalue weighted by atomic mass is 19.1. The molecule has 0 radical (unpaired) electrons. The summed E-state index contributed by atoms with van der Waals surface area (Å²) in [6, 6.07) is 12.6. The van der Waals surface area contributed by atoms with Crippen molar-refractivity contribution in [2.75, 3.05) is 31.1 Å². The smallest absolute Gasteiger partial charge is 0.255 e. The quantitative estimate of drug-likeness (QED) is 0.569. The zero-order chi connectivity index (χ0) is 24.8. The van der Waals surface area contributed by atoms with Crippen LogP contribution in [0, 0.1) is 5.82 Å². The zero-order valence-electron chi connectivity index (χ0n) is 19.7. The van der Waals surface area contributed by atoms with E-state index in [4.69, 9.17) is 0 Å². The highest BCUT2D eigenvalue weighted by Crippen LogP contribution is 2.33. The normalized spacial score (nSPS) is 20.7. The van der Waals surface area contributed by atoms with Crippen molar-refractivity contribution in [3.05, 3.63) is 71.3 Å². The van der Waals surface area contributed by atoms with Crippen molar-refractivity contribution in [3.8, 4) is 0 Å². The van der Waals surface area contributed by atoms with E-state index < -0.39 is 17.8 Å². The van der Waals surface area contributed by atoms with Gasteiger partial charge in [-0.1, -0.05) is 24.3 Å². The first kappa shape index (κ1) is 22.6. The van der Waals surface area contributed by atoms with Crippen LogP contribution in [-0.4, -0.2) is 64.7 Å². The summed E-state index contributed by atoms with van der Waals surface area (Å²) in [6.07, 6.45) is 2.38. The summed E-state index contributed by atoms with van der Waals surface area (Å²) in [5.41, 5.74) is 2.50. The van der Waals surface area contributed by atoms with Crippen LogP contribution in [0.3, 0.4) is 0 Å². The van der Waals surface area contributed by atoms with Gasteiger partial charge in [0.05, 0.1) is 11.4 Å². The molecule has 3 amide bonds. The Hall–Kier alpha value is -3.85. The first-order valence-corrected chi connectivity index (χ1v) is 12.2. The number of rotatable bonds is 4. The third-order valence-electron chi connectivity index (χ3n) is 7.38. The lowest BCUT2D eigenvalue weighted by atomic mass is 10.0. The third kappa shape index (κ3) is 4.09. The predicted octanol–water partition coefficient (Wildman–Crippen LogP) is 2.46. The lowest BCUT2D eigenvalue weighted by molar-refractivity contribution is -0.136. The third-order valence-corrected chi connectivity index (χ3v) is 7.38. The van der Waals surface area contributed by atoms with Crippen LogP contribution in [0.2, 0.25) is 0 Å². The van der Waals surface area contributed by atoms with Crippen molar-refractivity contribution in [2.45, 2.75) is 32.0 Å². The van der Waals surface area contributed by atoms with Gasteiger partial charge in [0, 0.05) is 62.8 Å². The SMILES string of the molecule is O=C1CCC(N2Cc3cc(N4CCN(Cc5cc6ccccc6cn5)CC4)c(F)cc3C2=O)C(=O)N1. The van der Waals surface area contributed by atoms with Crippen molar-refractivity contribution in [3.63, 3.8) is 0 Å². The molecule has 1 unspecified atom stereocenters. The number of pyridine rings is 1. The van der Waals surface area contributed by atoms with Gasteiger partial charge in [0.1, 0.15) is 11.9 Å². The standard InChI is InChI=1S/C27H26FN5O3/c28-22-13-21-19(15-33(27(21)36)23-5-6-25(34)30-26(23)35)12-24(22)32-9-7-31(8-10-32)16-20-11-17-3-1-2-4-18(17)14-29-20/h1-4,11-14,23H,5-10,15-16H2,(H,30,34,35). The summed E-state index contributed by atoms with van der Waals surface area (Å²) >= 11 is 0. The Morgan fingerprint density at radius 1 is 1.00 bits per heavy atom. The topological polar surface area (TPSA) is 85.9 Å². The molecule has 8 nitrogen and oxygen atoms in total. The monoisotopic (exact) mass is 487 g/mol. The number of piperidine rings is 1. The van der Waals surface area contributed by atoms with Crippen LogP contribution in [0.1, 0.15) is 34.5 Å². The second-order valence-corrected chi connectivity index (χ2v) is 9.65.